The third-order valence-corrected chi connectivity index (χ3v) is 4.09. The zero-order valence-electron chi connectivity index (χ0n) is 11.8. The SMILES string of the molecule is CCCCCCCN(CCCO)C(=O)C(Br)CC. The molecule has 0 saturated heterocycles. The van der Waals surface area contributed by atoms with E-state index >= 15 is 0 Å². The zero-order valence-corrected chi connectivity index (χ0v) is 13.4. The van der Waals surface area contributed by atoms with Crippen LogP contribution >= 0.6 is 15.9 Å². The molecule has 0 aromatic carbocycles. The fourth-order valence-corrected chi connectivity index (χ4v) is 2.16. The van der Waals surface area contributed by atoms with Crippen molar-refractivity contribution in [3.8, 4) is 0 Å². The molecule has 3 nitrogen and oxygen atoms in total. The second-order valence-electron chi connectivity index (χ2n) is 4.69. The van der Waals surface area contributed by atoms with Crippen LogP contribution in [0.5, 0.6) is 0 Å². The first-order valence-corrected chi connectivity index (χ1v) is 8.12. The predicted molar refractivity (Wildman–Crippen MR) is 80.0 cm³/mol. The third kappa shape index (κ3) is 8.09. The molecule has 0 heterocycles. The fourth-order valence-electron chi connectivity index (χ4n) is 1.87. The highest BCUT2D eigenvalue weighted by Crippen LogP contribution is 2.11. The highest BCUT2D eigenvalue weighted by molar-refractivity contribution is 9.10. The summed E-state index contributed by atoms with van der Waals surface area (Å²) >= 11 is 3.41. The van der Waals surface area contributed by atoms with Crippen molar-refractivity contribution in [2.75, 3.05) is 19.7 Å². The number of aliphatic hydroxyl groups is 1. The quantitative estimate of drug-likeness (QED) is 0.468. The van der Waals surface area contributed by atoms with E-state index in [9.17, 15) is 4.79 Å². The summed E-state index contributed by atoms with van der Waals surface area (Å²) in [7, 11) is 0. The van der Waals surface area contributed by atoms with Crippen LogP contribution in [0.4, 0.5) is 0 Å². The van der Waals surface area contributed by atoms with E-state index in [0.717, 1.165) is 19.4 Å². The Hall–Kier alpha value is -0.0900. The Labute approximate surface area is 120 Å². The lowest BCUT2D eigenvalue weighted by Crippen LogP contribution is -2.38. The number of halogens is 1. The van der Waals surface area contributed by atoms with Gasteiger partial charge in [0.05, 0.1) is 4.83 Å². The Balaban J connectivity index is 4.02. The third-order valence-electron chi connectivity index (χ3n) is 3.06. The average Bonchev–Trinajstić information content (AvgIpc) is 2.40. The second kappa shape index (κ2) is 12.0. The van der Waals surface area contributed by atoms with E-state index < -0.39 is 0 Å². The maximum Gasteiger partial charge on any atom is 0.236 e. The number of carbonyl (C=O) groups is 1. The summed E-state index contributed by atoms with van der Waals surface area (Å²) < 4.78 is 0. The van der Waals surface area contributed by atoms with Crippen LogP contribution in [0, 0.1) is 0 Å². The van der Waals surface area contributed by atoms with Crippen LogP contribution in [0.25, 0.3) is 0 Å². The standard InChI is InChI=1S/C14H28BrNO2/c1-3-5-6-7-8-10-16(11-9-12-17)14(18)13(15)4-2/h13,17H,3-12H2,1-2H3. The normalized spacial score (nSPS) is 12.4. The summed E-state index contributed by atoms with van der Waals surface area (Å²) in [6, 6.07) is 0. The van der Waals surface area contributed by atoms with Crippen LogP contribution in [0.3, 0.4) is 0 Å². The second-order valence-corrected chi connectivity index (χ2v) is 5.80. The van der Waals surface area contributed by atoms with Crippen molar-refractivity contribution in [2.45, 2.75) is 63.6 Å². The van der Waals surface area contributed by atoms with Gasteiger partial charge in [0.2, 0.25) is 5.91 Å². The van der Waals surface area contributed by atoms with E-state index in [1.54, 1.807) is 0 Å². The number of aliphatic hydroxyl groups excluding tert-OH is 1. The smallest absolute Gasteiger partial charge is 0.236 e. The predicted octanol–water partition coefficient (Wildman–Crippen LogP) is 3.34. The zero-order chi connectivity index (χ0) is 13.8. The number of carbonyl (C=O) groups excluding carboxylic acids is 1. The topological polar surface area (TPSA) is 40.5 Å². The van der Waals surface area contributed by atoms with Gasteiger partial charge in [-0.3, -0.25) is 4.79 Å². The minimum atomic E-state index is -0.0770. The molecule has 0 aromatic rings. The first-order valence-electron chi connectivity index (χ1n) is 7.21. The molecule has 0 aliphatic heterocycles. The minimum Gasteiger partial charge on any atom is -0.396 e. The number of unbranched alkanes of at least 4 members (excludes halogenated alkanes) is 4. The molecular formula is C14H28BrNO2. The van der Waals surface area contributed by atoms with Crippen molar-refractivity contribution in [1.29, 1.82) is 0 Å². The maximum atomic E-state index is 12.1. The molecule has 0 saturated carbocycles. The number of rotatable bonds is 11. The molecule has 0 fully saturated rings. The van der Waals surface area contributed by atoms with Gasteiger partial charge in [0.1, 0.15) is 0 Å². The van der Waals surface area contributed by atoms with Crippen LogP contribution in [0.2, 0.25) is 0 Å². The molecule has 4 heteroatoms. The molecule has 1 unspecified atom stereocenters. The molecule has 1 N–H and O–H groups in total. The summed E-state index contributed by atoms with van der Waals surface area (Å²) in [5.41, 5.74) is 0. The van der Waals surface area contributed by atoms with Crippen LogP contribution in [-0.2, 0) is 4.79 Å². The Bertz CT molecular complexity index is 212. The van der Waals surface area contributed by atoms with Crippen molar-refractivity contribution >= 4 is 21.8 Å². The van der Waals surface area contributed by atoms with E-state index in [0.29, 0.717) is 13.0 Å². The molecule has 0 radical (unpaired) electrons. The van der Waals surface area contributed by atoms with Gasteiger partial charge >= 0.3 is 0 Å². The van der Waals surface area contributed by atoms with Gasteiger partial charge in [0.15, 0.2) is 0 Å². The monoisotopic (exact) mass is 321 g/mol. The molecule has 0 spiro atoms. The van der Waals surface area contributed by atoms with Crippen LogP contribution < -0.4 is 0 Å². The van der Waals surface area contributed by atoms with E-state index in [-0.39, 0.29) is 17.3 Å². The lowest BCUT2D eigenvalue weighted by molar-refractivity contribution is -0.130. The molecule has 0 rings (SSSR count). The van der Waals surface area contributed by atoms with Crippen molar-refractivity contribution < 1.29 is 9.90 Å². The number of alkyl halides is 1. The molecule has 0 aliphatic rings. The van der Waals surface area contributed by atoms with Crippen molar-refractivity contribution in [3.05, 3.63) is 0 Å². The van der Waals surface area contributed by atoms with Gasteiger partial charge in [-0.2, -0.15) is 0 Å². The Morgan fingerprint density at radius 2 is 1.72 bits per heavy atom. The van der Waals surface area contributed by atoms with Gasteiger partial charge in [-0.15, -0.1) is 0 Å². The van der Waals surface area contributed by atoms with Gasteiger partial charge in [0.25, 0.3) is 0 Å². The molecule has 1 atom stereocenters. The molecule has 0 aromatic heterocycles. The first kappa shape index (κ1) is 17.9. The minimum absolute atomic E-state index is 0.0770. The van der Waals surface area contributed by atoms with Crippen molar-refractivity contribution in [3.63, 3.8) is 0 Å². The van der Waals surface area contributed by atoms with Crippen LogP contribution in [-0.4, -0.2) is 40.4 Å². The van der Waals surface area contributed by atoms with Gasteiger partial charge in [-0.05, 0) is 19.3 Å². The van der Waals surface area contributed by atoms with Crippen LogP contribution in [0.15, 0.2) is 0 Å². The Kier molecular flexibility index (Phi) is 11.9. The van der Waals surface area contributed by atoms with E-state index in [1.165, 1.54) is 25.7 Å². The molecule has 0 bridgehead atoms. The fraction of sp³-hybridized carbons (Fsp3) is 0.929. The molecule has 108 valence electrons. The van der Waals surface area contributed by atoms with Gasteiger partial charge < -0.3 is 10.0 Å². The van der Waals surface area contributed by atoms with Crippen molar-refractivity contribution in [2.24, 2.45) is 0 Å². The van der Waals surface area contributed by atoms with Gasteiger partial charge in [-0.1, -0.05) is 55.5 Å². The molecule has 0 aliphatic carbocycles. The van der Waals surface area contributed by atoms with Crippen LogP contribution in [0.1, 0.15) is 58.8 Å². The summed E-state index contributed by atoms with van der Waals surface area (Å²) in [5.74, 6) is 0.168. The van der Waals surface area contributed by atoms with E-state index in [1.807, 2.05) is 11.8 Å². The largest absolute Gasteiger partial charge is 0.396 e. The summed E-state index contributed by atoms with van der Waals surface area (Å²) in [6.07, 6.45) is 7.52. The maximum absolute atomic E-state index is 12.1. The number of amides is 1. The number of hydrogen-bond donors (Lipinski definition) is 1. The summed E-state index contributed by atoms with van der Waals surface area (Å²) in [6.45, 7) is 5.85. The number of nitrogens with zero attached hydrogens (tertiary/aromatic N) is 1. The molecule has 18 heavy (non-hydrogen) atoms. The Morgan fingerprint density at radius 3 is 2.28 bits per heavy atom. The first-order chi connectivity index (χ1) is 8.67. The molecule has 1 amide bonds. The lowest BCUT2D eigenvalue weighted by Gasteiger charge is -2.24. The lowest BCUT2D eigenvalue weighted by atomic mass is 10.1. The average molecular weight is 322 g/mol. The highest BCUT2D eigenvalue weighted by atomic mass is 79.9. The Morgan fingerprint density at radius 1 is 1.11 bits per heavy atom. The summed E-state index contributed by atoms with van der Waals surface area (Å²) in [5, 5.41) is 8.88. The summed E-state index contributed by atoms with van der Waals surface area (Å²) in [4.78, 5) is 13.9. The highest BCUT2D eigenvalue weighted by Gasteiger charge is 2.19. The molecular weight excluding hydrogens is 294 g/mol. The van der Waals surface area contributed by atoms with E-state index in [2.05, 4.69) is 22.9 Å². The number of hydrogen-bond acceptors (Lipinski definition) is 2. The van der Waals surface area contributed by atoms with Gasteiger partial charge in [0, 0.05) is 19.7 Å². The van der Waals surface area contributed by atoms with Crippen molar-refractivity contribution in [1.82, 2.24) is 4.90 Å². The van der Waals surface area contributed by atoms with E-state index in [4.69, 9.17) is 5.11 Å². The van der Waals surface area contributed by atoms with Gasteiger partial charge in [-0.25, -0.2) is 0 Å².